The smallest absolute Gasteiger partial charge is 0.149 e. The Balaban J connectivity index is 0.00000312. The van der Waals surface area contributed by atoms with Crippen LogP contribution in [0.2, 0.25) is 0 Å². The molecule has 8 aromatic rings. The molecule has 0 aliphatic rings. The van der Waals surface area contributed by atoms with Crippen molar-refractivity contribution in [1.29, 1.82) is 0 Å². The van der Waals surface area contributed by atoms with Gasteiger partial charge in [0.15, 0.2) is 0 Å². The molecule has 2 heterocycles. The van der Waals surface area contributed by atoms with Gasteiger partial charge in [-0.2, -0.15) is 0 Å². The number of aromatic nitrogens is 2. The molecule has 8 rings (SSSR count). The first-order valence-electron chi connectivity index (χ1n) is 14.1. The number of aromatic hydroxyl groups is 2. The van der Waals surface area contributed by atoms with Crippen LogP contribution in [0.1, 0.15) is 5.69 Å². The molecule has 6 heteroatoms. The van der Waals surface area contributed by atoms with Crippen molar-refractivity contribution in [2.75, 3.05) is 0 Å². The standard InChI is InChI=1S/C38H25N3O2.Pt/c42-34-19-9-12-24-11-8-17-32(35(24)34)39-23-26-22-25-10-4-5-15-28(25)36(40-26)31-21-20-30-29-16-6-7-18-33(29)41(37(30)38(31)43)27-13-2-1-3-14-27;/h1-23,42-43H;. The Bertz CT molecular complexity index is 2370. The number of fused-ring (bicyclic) bond motifs is 5. The molecule has 0 aliphatic heterocycles. The molecule has 2 N–H and O–H groups in total. The summed E-state index contributed by atoms with van der Waals surface area (Å²) in [6, 6.07) is 43.6. The van der Waals surface area contributed by atoms with Crippen LogP contribution in [0.5, 0.6) is 11.5 Å². The summed E-state index contributed by atoms with van der Waals surface area (Å²) in [5.74, 6) is 0.354. The van der Waals surface area contributed by atoms with Crippen molar-refractivity contribution in [2.24, 2.45) is 4.99 Å². The van der Waals surface area contributed by atoms with E-state index in [9.17, 15) is 10.2 Å². The van der Waals surface area contributed by atoms with E-state index in [2.05, 4.69) is 22.8 Å². The minimum atomic E-state index is 0. The summed E-state index contributed by atoms with van der Waals surface area (Å²) < 4.78 is 2.12. The van der Waals surface area contributed by atoms with Crippen LogP contribution in [0.3, 0.4) is 0 Å². The van der Waals surface area contributed by atoms with Crippen molar-refractivity contribution in [3.8, 4) is 28.4 Å². The van der Waals surface area contributed by atoms with Gasteiger partial charge in [0, 0.05) is 53.9 Å². The molecular formula is C38H25N3O2Pt. The second-order valence-corrected chi connectivity index (χ2v) is 10.6. The number of benzene rings is 6. The molecule has 0 atom stereocenters. The first kappa shape index (κ1) is 27.6. The van der Waals surface area contributed by atoms with Gasteiger partial charge in [0.25, 0.3) is 0 Å². The van der Waals surface area contributed by atoms with Crippen LogP contribution in [-0.4, -0.2) is 26.0 Å². The summed E-state index contributed by atoms with van der Waals surface area (Å²) in [6.07, 6.45) is 1.72. The first-order valence-corrected chi connectivity index (χ1v) is 14.1. The van der Waals surface area contributed by atoms with Gasteiger partial charge in [-0.25, -0.2) is 4.98 Å². The maximum atomic E-state index is 12.0. The van der Waals surface area contributed by atoms with E-state index in [1.165, 1.54) is 0 Å². The van der Waals surface area contributed by atoms with E-state index < -0.39 is 0 Å². The van der Waals surface area contributed by atoms with Crippen LogP contribution in [-0.2, 0) is 21.1 Å². The van der Waals surface area contributed by atoms with Gasteiger partial charge in [-0.1, -0.05) is 91.0 Å². The molecule has 6 aromatic carbocycles. The van der Waals surface area contributed by atoms with Crippen molar-refractivity contribution in [3.05, 3.63) is 139 Å². The molecule has 0 aliphatic carbocycles. The van der Waals surface area contributed by atoms with Gasteiger partial charge in [0.05, 0.1) is 34.3 Å². The van der Waals surface area contributed by atoms with Crippen LogP contribution in [0.25, 0.3) is 60.3 Å². The fraction of sp³-hybridized carbons (Fsp3) is 0. The quantitative estimate of drug-likeness (QED) is 0.176. The van der Waals surface area contributed by atoms with Crippen molar-refractivity contribution in [2.45, 2.75) is 0 Å². The minimum Gasteiger partial charge on any atom is -0.507 e. The molecule has 44 heavy (non-hydrogen) atoms. The van der Waals surface area contributed by atoms with Gasteiger partial charge < -0.3 is 14.8 Å². The van der Waals surface area contributed by atoms with E-state index in [1.807, 2.05) is 109 Å². The third-order valence-corrected chi connectivity index (χ3v) is 8.04. The van der Waals surface area contributed by atoms with E-state index >= 15 is 0 Å². The first-order chi connectivity index (χ1) is 21.2. The number of nitrogens with zero attached hydrogens (tertiary/aromatic N) is 3. The Morgan fingerprint density at radius 1 is 0.636 bits per heavy atom. The van der Waals surface area contributed by atoms with E-state index in [4.69, 9.17) is 9.98 Å². The zero-order valence-electron chi connectivity index (χ0n) is 23.3. The molecule has 5 nitrogen and oxygen atoms in total. The minimum absolute atomic E-state index is 0. The number of pyridine rings is 1. The summed E-state index contributed by atoms with van der Waals surface area (Å²) in [6.45, 7) is 0. The van der Waals surface area contributed by atoms with Gasteiger partial charge in [-0.05, 0) is 53.2 Å². The number of hydrogen-bond donors (Lipinski definition) is 2. The van der Waals surface area contributed by atoms with Crippen LogP contribution in [0.15, 0.2) is 138 Å². The molecule has 0 fully saturated rings. The second kappa shape index (κ2) is 11.1. The Morgan fingerprint density at radius 3 is 2.18 bits per heavy atom. The molecule has 0 saturated heterocycles. The molecule has 214 valence electrons. The number of phenols is 2. The van der Waals surface area contributed by atoms with Gasteiger partial charge in [-0.15, -0.1) is 0 Å². The maximum absolute atomic E-state index is 12.0. The maximum Gasteiger partial charge on any atom is 0.149 e. The number of rotatable bonds is 4. The molecule has 0 bridgehead atoms. The topological polar surface area (TPSA) is 70.6 Å². The Hall–Kier alpha value is -5.25. The molecule has 0 spiro atoms. The summed E-state index contributed by atoms with van der Waals surface area (Å²) in [5, 5.41) is 28.1. The van der Waals surface area contributed by atoms with Crippen LogP contribution < -0.4 is 0 Å². The predicted octanol–water partition coefficient (Wildman–Crippen LogP) is 9.31. The predicted molar refractivity (Wildman–Crippen MR) is 176 cm³/mol. The third-order valence-electron chi connectivity index (χ3n) is 8.04. The number of hydrogen-bond acceptors (Lipinski definition) is 4. The van der Waals surface area contributed by atoms with Crippen LogP contribution >= 0.6 is 0 Å². The van der Waals surface area contributed by atoms with Crippen LogP contribution in [0.4, 0.5) is 5.69 Å². The molecule has 0 saturated carbocycles. The Labute approximate surface area is 267 Å². The van der Waals surface area contributed by atoms with Crippen molar-refractivity contribution in [1.82, 2.24) is 9.55 Å². The van der Waals surface area contributed by atoms with Gasteiger partial charge in [0.2, 0.25) is 0 Å². The second-order valence-electron chi connectivity index (χ2n) is 10.6. The number of aliphatic imine (C=N–C) groups is 1. The summed E-state index contributed by atoms with van der Waals surface area (Å²) >= 11 is 0. The summed E-state index contributed by atoms with van der Waals surface area (Å²) in [7, 11) is 0. The third kappa shape index (κ3) is 4.45. The van der Waals surface area contributed by atoms with E-state index in [1.54, 1.807) is 12.3 Å². The molecule has 0 unspecified atom stereocenters. The largest absolute Gasteiger partial charge is 0.507 e. The van der Waals surface area contributed by atoms with E-state index in [0.29, 0.717) is 28.0 Å². The number of phenolic OH excluding ortho intramolecular Hbond substituents is 2. The van der Waals surface area contributed by atoms with E-state index in [0.717, 1.165) is 43.7 Å². The van der Waals surface area contributed by atoms with E-state index in [-0.39, 0.29) is 32.6 Å². The fourth-order valence-electron chi connectivity index (χ4n) is 6.11. The van der Waals surface area contributed by atoms with Gasteiger partial charge in [0.1, 0.15) is 11.5 Å². The van der Waals surface area contributed by atoms with Gasteiger partial charge in [-0.3, -0.25) is 4.99 Å². The molecule has 0 amide bonds. The molecule has 0 radical (unpaired) electrons. The fourth-order valence-corrected chi connectivity index (χ4v) is 6.11. The van der Waals surface area contributed by atoms with Crippen molar-refractivity contribution < 1.29 is 31.3 Å². The molecule has 2 aromatic heterocycles. The SMILES string of the molecule is Oc1cccc2cccc(N=Cc3cc4ccccc4c(-c4ccc5c6ccccc6n(-c6ccccc6)c5c4O)n3)c12.[Pt]. The summed E-state index contributed by atoms with van der Waals surface area (Å²) in [5.41, 5.74) is 5.34. The zero-order chi connectivity index (χ0) is 28.9. The monoisotopic (exact) mass is 750 g/mol. The number of para-hydroxylation sites is 2. The Morgan fingerprint density at radius 2 is 1.34 bits per heavy atom. The Kier molecular flexibility index (Phi) is 6.96. The van der Waals surface area contributed by atoms with Gasteiger partial charge >= 0.3 is 0 Å². The normalized spacial score (nSPS) is 11.5. The van der Waals surface area contributed by atoms with Crippen molar-refractivity contribution >= 4 is 55.3 Å². The zero-order valence-corrected chi connectivity index (χ0v) is 25.6. The molecular weight excluding hydrogens is 726 g/mol. The summed E-state index contributed by atoms with van der Waals surface area (Å²) in [4.78, 5) is 9.78. The van der Waals surface area contributed by atoms with Crippen molar-refractivity contribution in [3.63, 3.8) is 0 Å². The van der Waals surface area contributed by atoms with Crippen LogP contribution in [0, 0.1) is 0 Å². The average Bonchev–Trinajstić information content (AvgIpc) is 3.39. The average molecular weight is 751 g/mol.